The normalized spacial score (nSPS) is 43.5. The van der Waals surface area contributed by atoms with E-state index in [1.807, 2.05) is 6.92 Å². The van der Waals surface area contributed by atoms with Gasteiger partial charge in [0.2, 0.25) is 0 Å². The van der Waals surface area contributed by atoms with E-state index >= 15 is 0 Å². The smallest absolute Gasteiger partial charge is 0.323 e. The summed E-state index contributed by atoms with van der Waals surface area (Å²) in [4.78, 5) is 11.9. The minimum Gasteiger partial charge on any atom is -0.480 e. The van der Waals surface area contributed by atoms with E-state index in [1.165, 1.54) is 32.1 Å². The fourth-order valence-electron chi connectivity index (χ4n) is 5.77. The third-order valence-electron chi connectivity index (χ3n) is 5.93. The minimum absolute atomic E-state index is 0.221. The number of carboxylic acids is 1. The van der Waals surface area contributed by atoms with Crippen LogP contribution < -0.4 is 5.32 Å². The highest BCUT2D eigenvalue weighted by Gasteiger charge is 2.56. The van der Waals surface area contributed by atoms with Crippen molar-refractivity contribution in [1.29, 1.82) is 0 Å². The Bertz CT molecular complexity index is 351. The zero-order valence-electron chi connectivity index (χ0n) is 12.4. The van der Waals surface area contributed by atoms with Crippen molar-refractivity contribution in [3.05, 3.63) is 0 Å². The van der Waals surface area contributed by atoms with Crippen LogP contribution in [0.5, 0.6) is 0 Å². The number of nitrogens with one attached hydrogen (secondary N) is 1. The van der Waals surface area contributed by atoms with Crippen LogP contribution in [0.3, 0.4) is 0 Å². The average Bonchev–Trinajstić information content (AvgIpc) is 2.25. The second-order valence-corrected chi connectivity index (χ2v) is 7.76. The van der Waals surface area contributed by atoms with Crippen molar-refractivity contribution in [2.45, 2.75) is 64.5 Å². The summed E-state index contributed by atoms with van der Waals surface area (Å²) in [5.74, 6) is 2.76. The largest absolute Gasteiger partial charge is 0.480 e. The van der Waals surface area contributed by atoms with Gasteiger partial charge in [0.1, 0.15) is 5.54 Å². The van der Waals surface area contributed by atoms with Gasteiger partial charge >= 0.3 is 5.97 Å². The van der Waals surface area contributed by atoms with Gasteiger partial charge in [0.15, 0.2) is 0 Å². The van der Waals surface area contributed by atoms with Gasteiger partial charge in [-0.15, -0.1) is 0 Å². The van der Waals surface area contributed by atoms with Gasteiger partial charge in [-0.2, -0.15) is 0 Å². The SMILES string of the molecule is CC(C)NC(C)(C(=O)O)C1C2CC3CC(C2)CC1C3. The molecule has 1 unspecified atom stereocenters. The fraction of sp³-hybridized carbons (Fsp3) is 0.938. The number of carbonyl (C=O) groups is 1. The van der Waals surface area contributed by atoms with Gasteiger partial charge < -0.3 is 5.11 Å². The quantitative estimate of drug-likeness (QED) is 0.821. The predicted octanol–water partition coefficient (Wildman–Crippen LogP) is 2.90. The summed E-state index contributed by atoms with van der Waals surface area (Å²) in [6.45, 7) is 6.04. The molecule has 0 spiro atoms. The van der Waals surface area contributed by atoms with Crippen LogP contribution in [0.4, 0.5) is 0 Å². The summed E-state index contributed by atoms with van der Waals surface area (Å²) in [6, 6.07) is 0.221. The molecule has 0 amide bonds. The van der Waals surface area contributed by atoms with Gasteiger partial charge in [0.25, 0.3) is 0 Å². The van der Waals surface area contributed by atoms with Crippen molar-refractivity contribution in [3.8, 4) is 0 Å². The Morgan fingerprint density at radius 2 is 1.58 bits per heavy atom. The highest BCUT2D eigenvalue weighted by Crippen LogP contribution is 2.59. The minimum atomic E-state index is -0.739. The lowest BCUT2D eigenvalue weighted by Gasteiger charge is -2.58. The zero-order chi connectivity index (χ0) is 13.8. The summed E-state index contributed by atoms with van der Waals surface area (Å²) in [7, 11) is 0. The molecule has 0 radical (unpaired) electrons. The number of hydrogen-bond donors (Lipinski definition) is 2. The summed E-state index contributed by atoms with van der Waals surface area (Å²) in [5, 5.41) is 13.2. The molecule has 0 aromatic carbocycles. The van der Waals surface area contributed by atoms with Crippen LogP contribution in [0, 0.1) is 29.6 Å². The van der Waals surface area contributed by atoms with Crippen LogP contribution >= 0.6 is 0 Å². The number of aliphatic carboxylic acids is 1. The maximum Gasteiger partial charge on any atom is 0.323 e. The van der Waals surface area contributed by atoms with E-state index in [2.05, 4.69) is 19.2 Å². The first-order chi connectivity index (χ1) is 8.90. The van der Waals surface area contributed by atoms with Crippen LogP contribution in [0.2, 0.25) is 0 Å². The lowest BCUT2D eigenvalue weighted by atomic mass is 9.48. The molecule has 0 heterocycles. The third kappa shape index (κ3) is 2.10. The molecule has 0 aliphatic heterocycles. The Balaban J connectivity index is 1.88. The monoisotopic (exact) mass is 265 g/mol. The number of hydrogen-bond acceptors (Lipinski definition) is 2. The van der Waals surface area contributed by atoms with E-state index in [0.29, 0.717) is 17.8 Å². The third-order valence-corrected chi connectivity index (χ3v) is 5.93. The molecular weight excluding hydrogens is 238 g/mol. The second-order valence-electron chi connectivity index (χ2n) is 7.76. The van der Waals surface area contributed by atoms with Crippen molar-refractivity contribution in [3.63, 3.8) is 0 Å². The zero-order valence-corrected chi connectivity index (χ0v) is 12.4. The molecule has 0 saturated heterocycles. The van der Waals surface area contributed by atoms with E-state index in [4.69, 9.17) is 0 Å². The van der Waals surface area contributed by atoms with Gasteiger partial charge in [-0.25, -0.2) is 0 Å². The first-order valence-electron chi connectivity index (χ1n) is 7.91. The Morgan fingerprint density at radius 3 is 1.95 bits per heavy atom. The van der Waals surface area contributed by atoms with Crippen LogP contribution in [0.15, 0.2) is 0 Å². The van der Waals surface area contributed by atoms with Gasteiger partial charge in [-0.1, -0.05) is 0 Å². The molecule has 4 fully saturated rings. The molecule has 19 heavy (non-hydrogen) atoms. The van der Waals surface area contributed by atoms with Gasteiger partial charge in [-0.05, 0) is 82.5 Å². The molecule has 4 rings (SSSR count). The van der Waals surface area contributed by atoms with Crippen molar-refractivity contribution < 1.29 is 9.90 Å². The summed E-state index contributed by atoms with van der Waals surface area (Å²) < 4.78 is 0. The molecule has 3 nitrogen and oxygen atoms in total. The van der Waals surface area contributed by atoms with Crippen LogP contribution in [-0.2, 0) is 4.79 Å². The summed E-state index contributed by atoms with van der Waals surface area (Å²) >= 11 is 0. The maximum atomic E-state index is 11.9. The van der Waals surface area contributed by atoms with Gasteiger partial charge in [0.05, 0.1) is 0 Å². The van der Waals surface area contributed by atoms with Gasteiger partial charge in [-0.3, -0.25) is 10.1 Å². The molecule has 1 atom stereocenters. The lowest BCUT2D eigenvalue weighted by Crippen LogP contribution is -2.64. The first kappa shape index (κ1) is 13.4. The predicted molar refractivity (Wildman–Crippen MR) is 74.8 cm³/mol. The van der Waals surface area contributed by atoms with Crippen molar-refractivity contribution in [2.75, 3.05) is 0 Å². The standard InChI is InChI=1S/C16H27NO2/c1-9(2)17-16(3,15(18)19)14-12-5-10-4-11(7-12)8-13(14)6-10/h9-14,17H,4-8H2,1-3H3,(H,18,19). The summed E-state index contributed by atoms with van der Waals surface area (Å²) in [6.07, 6.45) is 6.53. The summed E-state index contributed by atoms with van der Waals surface area (Å²) in [5.41, 5.74) is -0.739. The number of rotatable bonds is 4. The topological polar surface area (TPSA) is 49.3 Å². The number of carboxylic acid groups (broad SMARTS) is 1. The second kappa shape index (κ2) is 4.47. The van der Waals surface area contributed by atoms with Crippen molar-refractivity contribution in [1.82, 2.24) is 5.32 Å². The molecular formula is C16H27NO2. The van der Waals surface area contributed by atoms with Crippen LogP contribution in [0.25, 0.3) is 0 Å². The molecule has 0 aromatic rings. The highest BCUT2D eigenvalue weighted by atomic mass is 16.4. The Labute approximate surface area is 116 Å². The molecule has 0 aromatic heterocycles. The van der Waals surface area contributed by atoms with Crippen molar-refractivity contribution >= 4 is 5.97 Å². The van der Waals surface area contributed by atoms with E-state index < -0.39 is 11.5 Å². The van der Waals surface area contributed by atoms with Crippen LogP contribution in [0.1, 0.15) is 52.9 Å². The van der Waals surface area contributed by atoms with E-state index in [0.717, 1.165) is 11.8 Å². The highest BCUT2D eigenvalue weighted by molar-refractivity contribution is 5.79. The molecule has 2 N–H and O–H groups in total. The molecule has 3 heteroatoms. The van der Waals surface area contributed by atoms with E-state index in [1.54, 1.807) is 0 Å². The van der Waals surface area contributed by atoms with Crippen molar-refractivity contribution in [2.24, 2.45) is 29.6 Å². The van der Waals surface area contributed by atoms with Crippen LogP contribution in [-0.4, -0.2) is 22.7 Å². The maximum absolute atomic E-state index is 11.9. The van der Waals surface area contributed by atoms with Gasteiger partial charge in [0, 0.05) is 6.04 Å². The molecule has 4 saturated carbocycles. The van der Waals surface area contributed by atoms with E-state index in [9.17, 15) is 9.90 Å². The molecule has 108 valence electrons. The average molecular weight is 265 g/mol. The van der Waals surface area contributed by atoms with E-state index in [-0.39, 0.29) is 6.04 Å². The Kier molecular flexibility index (Phi) is 3.16. The molecule has 4 aliphatic carbocycles. The Morgan fingerprint density at radius 1 is 1.11 bits per heavy atom. The fourth-order valence-corrected chi connectivity index (χ4v) is 5.77. The molecule has 4 bridgehead atoms. The molecule has 4 aliphatic rings. The lowest BCUT2D eigenvalue weighted by molar-refractivity contribution is -0.157. The first-order valence-corrected chi connectivity index (χ1v) is 7.91. The Hall–Kier alpha value is -0.570.